The Morgan fingerprint density at radius 2 is 2.00 bits per heavy atom. The van der Waals surface area contributed by atoms with Gasteiger partial charge in [0.05, 0.1) is 10.7 Å². The maximum absolute atomic E-state index is 13.5. The third kappa shape index (κ3) is 2.98. The quantitative estimate of drug-likeness (QED) is 0.596. The largest absolute Gasteiger partial charge is 0.317 e. The molecule has 4 N–H and O–H groups in total. The highest BCUT2D eigenvalue weighted by atomic mass is 35.5. The fourth-order valence-corrected chi connectivity index (χ4v) is 1.65. The lowest BCUT2D eigenvalue weighted by Gasteiger charge is -2.08. The summed E-state index contributed by atoms with van der Waals surface area (Å²) in [5.74, 6) is 4.32. The number of nitrogens with one attached hydrogen (secondary N) is 2. The maximum atomic E-state index is 13.5. The molecular formula is C12H10ClFN4O. The highest BCUT2D eigenvalue weighted by Crippen LogP contribution is 2.25. The van der Waals surface area contributed by atoms with Gasteiger partial charge in [-0.1, -0.05) is 23.7 Å². The number of halogens is 2. The van der Waals surface area contributed by atoms with Crippen molar-refractivity contribution in [2.75, 3.05) is 10.7 Å². The van der Waals surface area contributed by atoms with Crippen LogP contribution in [0.5, 0.6) is 0 Å². The van der Waals surface area contributed by atoms with Crippen molar-refractivity contribution < 1.29 is 9.18 Å². The minimum atomic E-state index is -0.617. The van der Waals surface area contributed by atoms with E-state index >= 15 is 0 Å². The zero-order valence-corrected chi connectivity index (χ0v) is 10.4. The molecule has 7 heteroatoms. The van der Waals surface area contributed by atoms with E-state index in [9.17, 15) is 9.18 Å². The second-order valence-electron chi connectivity index (χ2n) is 3.60. The minimum Gasteiger partial charge on any atom is -0.317 e. The summed E-state index contributed by atoms with van der Waals surface area (Å²) in [7, 11) is 0. The summed E-state index contributed by atoms with van der Waals surface area (Å²) in [6.07, 6.45) is 0. The molecule has 0 saturated carbocycles. The van der Waals surface area contributed by atoms with Crippen LogP contribution in [0.1, 0.15) is 10.5 Å². The van der Waals surface area contributed by atoms with Crippen LogP contribution in [-0.2, 0) is 0 Å². The molecule has 0 saturated heterocycles. The average molecular weight is 281 g/mol. The predicted octanol–water partition coefficient (Wildman–Crippen LogP) is 2.41. The van der Waals surface area contributed by atoms with Gasteiger partial charge in [0.2, 0.25) is 0 Å². The van der Waals surface area contributed by atoms with E-state index in [1.54, 1.807) is 12.1 Å². The number of rotatable bonds is 3. The SMILES string of the molecule is NNc1cccc(C(=O)Nc2c(F)cccc2Cl)n1. The average Bonchev–Trinajstić information content (AvgIpc) is 2.43. The van der Waals surface area contributed by atoms with E-state index in [2.05, 4.69) is 15.7 Å². The molecule has 0 radical (unpaired) electrons. The molecule has 2 rings (SSSR count). The number of benzene rings is 1. The molecule has 1 aromatic carbocycles. The molecule has 0 atom stereocenters. The van der Waals surface area contributed by atoms with Crippen LogP contribution in [0.15, 0.2) is 36.4 Å². The van der Waals surface area contributed by atoms with Crippen LogP contribution in [0.2, 0.25) is 5.02 Å². The second-order valence-corrected chi connectivity index (χ2v) is 4.01. The van der Waals surface area contributed by atoms with Gasteiger partial charge in [0.15, 0.2) is 0 Å². The van der Waals surface area contributed by atoms with Crippen LogP contribution >= 0.6 is 11.6 Å². The molecule has 0 unspecified atom stereocenters. The van der Waals surface area contributed by atoms with E-state index in [4.69, 9.17) is 17.4 Å². The first-order valence-electron chi connectivity index (χ1n) is 5.31. The highest BCUT2D eigenvalue weighted by molar-refractivity contribution is 6.33. The van der Waals surface area contributed by atoms with Crippen molar-refractivity contribution in [2.24, 2.45) is 5.84 Å². The van der Waals surface area contributed by atoms with Crippen LogP contribution in [0.25, 0.3) is 0 Å². The number of pyridine rings is 1. The predicted molar refractivity (Wildman–Crippen MR) is 71.4 cm³/mol. The van der Waals surface area contributed by atoms with Crippen LogP contribution in [-0.4, -0.2) is 10.9 Å². The third-order valence-electron chi connectivity index (χ3n) is 2.33. The highest BCUT2D eigenvalue weighted by Gasteiger charge is 2.13. The summed E-state index contributed by atoms with van der Waals surface area (Å²) < 4.78 is 13.5. The first kappa shape index (κ1) is 13.3. The summed E-state index contributed by atoms with van der Waals surface area (Å²) in [6.45, 7) is 0. The van der Waals surface area contributed by atoms with Crippen molar-refractivity contribution in [3.05, 3.63) is 52.9 Å². The smallest absolute Gasteiger partial charge is 0.274 e. The van der Waals surface area contributed by atoms with Gasteiger partial charge in [0, 0.05) is 0 Å². The molecule has 1 aromatic heterocycles. The van der Waals surface area contributed by atoms with E-state index < -0.39 is 11.7 Å². The lowest BCUT2D eigenvalue weighted by molar-refractivity contribution is 0.102. The van der Waals surface area contributed by atoms with Crippen LogP contribution in [0.3, 0.4) is 0 Å². The fraction of sp³-hybridized carbons (Fsp3) is 0. The third-order valence-corrected chi connectivity index (χ3v) is 2.65. The zero-order chi connectivity index (χ0) is 13.8. The van der Waals surface area contributed by atoms with E-state index in [1.165, 1.54) is 24.3 Å². The van der Waals surface area contributed by atoms with Crippen molar-refractivity contribution in [3.8, 4) is 0 Å². The number of hydrazine groups is 1. The summed E-state index contributed by atoms with van der Waals surface area (Å²) in [4.78, 5) is 15.9. The molecule has 1 heterocycles. The number of nitrogen functional groups attached to an aromatic ring is 1. The van der Waals surface area contributed by atoms with Crippen molar-refractivity contribution in [3.63, 3.8) is 0 Å². The molecule has 0 aliphatic heterocycles. The molecule has 1 amide bonds. The van der Waals surface area contributed by atoms with Gasteiger partial charge in [-0.25, -0.2) is 15.2 Å². The van der Waals surface area contributed by atoms with Crippen molar-refractivity contribution in [1.29, 1.82) is 0 Å². The number of hydrogen-bond donors (Lipinski definition) is 3. The summed E-state index contributed by atoms with van der Waals surface area (Å²) in [6, 6.07) is 8.79. The normalized spacial score (nSPS) is 10.1. The number of nitrogens with zero attached hydrogens (tertiary/aromatic N) is 1. The van der Waals surface area contributed by atoms with Crippen molar-refractivity contribution in [2.45, 2.75) is 0 Å². The zero-order valence-electron chi connectivity index (χ0n) is 9.65. The first-order chi connectivity index (χ1) is 9.11. The van der Waals surface area contributed by atoms with Crippen LogP contribution in [0.4, 0.5) is 15.9 Å². The fourth-order valence-electron chi connectivity index (χ4n) is 1.44. The van der Waals surface area contributed by atoms with Gasteiger partial charge in [-0.3, -0.25) is 4.79 Å². The molecular weight excluding hydrogens is 271 g/mol. The summed E-state index contributed by atoms with van der Waals surface area (Å²) in [5, 5.41) is 2.48. The Morgan fingerprint density at radius 3 is 2.68 bits per heavy atom. The molecule has 19 heavy (non-hydrogen) atoms. The van der Waals surface area contributed by atoms with Gasteiger partial charge < -0.3 is 10.7 Å². The molecule has 0 bridgehead atoms. The van der Waals surface area contributed by atoms with Crippen molar-refractivity contribution >= 4 is 29.0 Å². The Bertz CT molecular complexity index is 600. The number of aromatic nitrogens is 1. The second kappa shape index (κ2) is 5.64. The van der Waals surface area contributed by atoms with E-state index in [1.807, 2.05) is 0 Å². The van der Waals surface area contributed by atoms with E-state index in [0.29, 0.717) is 5.82 Å². The molecule has 0 spiro atoms. The number of para-hydroxylation sites is 1. The summed E-state index contributed by atoms with van der Waals surface area (Å²) >= 11 is 5.81. The number of carbonyl (C=O) groups excluding carboxylic acids is 1. The maximum Gasteiger partial charge on any atom is 0.274 e. The van der Waals surface area contributed by atoms with Crippen LogP contribution < -0.4 is 16.6 Å². The van der Waals surface area contributed by atoms with Crippen LogP contribution in [0, 0.1) is 5.82 Å². The Hall–Kier alpha value is -2.18. The monoisotopic (exact) mass is 280 g/mol. The van der Waals surface area contributed by atoms with Gasteiger partial charge in [-0.05, 0) is 24.3 Å². The van der Waals surface area contributed by atoms with Gasteiger partial charge in [-0.15, -0.1) is 0 Å². The van der Waals surface area contributed by atoms with E-state index in [0.717, 1.165) is 0 Å². The van der Waals surface area contributed by atoms with Gasteiger partial charge >= 0.3 is 0 Å². The molecule has 98 valence electrons. The lowest BCUT2D eigenvalue weighted by atomic mass is 10.2. The Labute approximate surface area is 113 Å². The van der Waals surface area contributed by atoms with Gasteiger partial charge in [0.25, 0.3) is 5.91 Å². The number of anilines is 2. The van der Waals surface area contributed by atoms with E-state index in [-0.39, 0.29) is 16.4 Å². The number of amides is 1. The number of nitrogens with two attached hydrogens (primary N) is 1. The Morgan fingerprint density at radius 1 is 1.26 bits per heavy atom. The first-order valence-corrected chi connectivity index (χ1v) is 5.68. The summed E-state index contributed by atoms with van der Waals surface area (Å²) in [5.41, 5.74) is 2.33. The van der Waals surface area contributed by atoms with Gasteiger partial charge in [-0.2, -0.15) is 0 Å². The minimum absolute atomic E-state index is 0.0814. The number of carbonyl (C=O) groups is 1. The topological polar surface area (TPSA) is 80.0 Å². The number of hydrogen-bond acceptors (Lipinski definition) is 4. The standard InChI is InChI=1S/C12H10ClFN4O/c13-7-3-1-4-8(14)11(7)17-12(19)9-5-2-6-10(16-9)18-15/h1-6H,15H2,(H,16,18)(H,17,19). The molecule has 5 nitrogen and oxygen atoms in total. The molecule has 0 aliphatic rings. The lowest BCUT2D eigenvalue weighted by Crippen LogP contribution is -2.17. The molecule has 0 aliphatic carbocycles. The molecule has 2 aromatic rings. The van der Waals surface area contributed by atoms with Gasteiger partial charge in [0.1, 0.15) is 17.3 Å². The Kier molecular flexibility index (Phi) is 3.94. The Balaban J connectivity index is 2.25. The molecule has 0 fully saturated rings. The van der Waals surface area contributed by atoms with Crippen molar-refractivity contribution in [1.82, 2.24) is 4.98 Å².